The van der Waals surface area contributed by atoms with Gasteiger partial charge >= 0.3 is 0 Å². The third kappa shape index (κ3) is 6.31. The first-order valence-electron chi connectivity index (χ1n) is 8.22. The van der Waals surface area contributed by atoms with Gasteiger partial charge in [0.2, 0.25) is 11.8 Å². The van der Waals surface area contributed by atoms with Crippen LogP contribution in [0.4, 0.5) is 5.69 Å². The number of hydrogen-bond acceptors (Lipinski definition) is 5. The summed E-state index contributed by atoms with van der Waals surface area (Å²) < 4.78 is 5.27. The first-order chi connectivity index (χ1) is 12.9. The number of halogens is 1. The number of carbonyl (C=O) groups excluding carboxylic acids is 2. The molecule has 0 atom stereocenters. The van der Waals surface area contributed by atoms with Crippen molar-refractivity contribution in [1.29, 1.82) is 0 Å². The number of nitrogens with zero attached hydrogens (tertiary/aromatic N) is 1. The smallest absolute Gasteiger partial charge is 0.249 e. The average molecular weight is 390 g/mol. The molecule has 0 fully saturated rings. The normalized spacial score (nSPS) is 10.6. The quantitative estimate of drug-likeness (QED) is 0.384. The minimum absolute atomic E-state index is 0.103. The SMILES string of the molecule is CCOc1cc(C=NNC(=O)CC(=O)Nc2ccc(C)cc2)cc(Cl)c1O. The molecule has 0 aliphatic carbocycles. The van der Waals surface area contributed by atoms with Crippen LogP contribution in [0.3, 0.4) is 0 Å². The Bertz CT molecular complexity index is 851. The summed E-state index contributed by atoms with van der Waals surface area (Å²) in [5, 5.41) is 16.3. The van der Waals surface area contributed by atoms with E-state index in [1.165, 1.54) is 18.3 Å². The van der Waals surface area contributed by atoms with Gasteiger partial charge in [-0.3, -0.25) is 9.59 Å². The molecule has 3 N–H and O–H groups in total. The predicted octanol–water partition coefficient (Wildman–Crippen LogP) is 3.23. The van der Waals surface area contributed by atoms with Crippen LogP contribution in [0.1, 0.15) is 24.5 Å². The van der Waals surface area contributed by atoms with Crippen molar-refractivity contribution in [2.24, 2.45) is 5.10 Å². The lowest BCUT2D eigenvalue weighted by atomic mass is 10.2. The summed E-state index contributed by atoms with van der Waals surface area (Å²) in [5.74, 6) is -0.952. The van der Waals surface area contributed by atoms with E-state index in [0.717, 1.165) is 5.56 Å². The Kier molecular flexibility index (Phi) is 7.19. The largest absolute Gasteiger partial charge is 0.503 e. The van der Waals surface area contributed by atoms with Crippen LogP contribution in [0.2, 0.25) is 5.02 Å². The Morgan fingerprint density at radius 3 is 2.59 bits per heavy atom. The molecule has 2 rings (SSSR count). The number of rotatable bonds is 7. The van der Waals surface area contributed by atoms with E-state index in [1.54, 1.807) is 19.1 Å². The molecule has 0 heterocycles. The van der Waals surface area contributed by atoms with Crippen LogP contribution in [0.25, 0.3) is 0 Å². The van der Waals surface area contributed by atoms with Crippen molar-refractivity contribution < 1.29 is 19.4 Å². The summed E-state index contributed by atoms with van der Waals surface area (Å²) in [6.07, 6.45) is 0.968. The molecule has 0 saturated heterocycles. The number of ether oxygens (including phenoxy) is 1. The van der Waals surface area contributed by atoms with Crippen molar-refractivity contribution in [3.8, 4) is 11.5 Å². The minimum Gasteiger partial charge on any atom is -0.503 e. The van der Waals surface area contributed by atoms with Gasteiger partial charge in [0, 0.05) is 5.69 Å². The Labute approximate surface area is 162 Å². The number of aromatic hydroxyl groups is 1. The van der Waals surface area contributed by atoms with Crippen LogP contribution < -0.4 is 15.5 Å². The highest BCUT2D eigenvalue weighted by Gasteiger charge is 2.10. The standard InChI is InChI=1S/C19H20ClN3O4/c1-3-27-16-9-13(8-15(20)19(16)26)11-21-23-18(25)10-17(24)22-14-6-4-12(2)5-7-14/h4-9,11,26H,3,10H2,1-2H3,(H,22,24)(H,23,25). The molecular formula is C19H20ClN3O4. The zero-order valence-corrected chi connectivity index (χ0v) is 15.7. The lowest BCUT2D eigenvalue weighted by molar-refractivity contribution is -0.126. The fraction of sp³-hybridized carbons (Fsp3) is 0.211. The molecule has 0 unspecified atom stereocenters. The molecule has 8 heteroatoms. The van der Waals surface area contributed by atoms with Gasteiger partial charge in [0.1, 0.15) is 6.42 Å². The lowest BCUT2D eigenvalue weighted by Gasteiger charge is -2.08. The van der Waals surface area contributed by atoms with Gasteiger partial charge < -0.3 is 15.2 Å². The van der Waals surface area contributed by atoms with Gasteiger partial charge in [-0.25, -0.2) is 5.43 Å². The summed E-state index contributed by atoms with van der Waals surface area (Å²) in [6, 6.07) is 10.2. The number of phenols is 1. The topological polar surface area (TPSA) is 100 Å². The van der Waals surface area contributed by atoms with Crippen molar-refractivity contribution in [1.82, 2.24) is 5.43 Å². The fourth-order valence-electron chi connectivity index (χ4n) is 2.14. The summed E-state index contributed by atoms with van der Waals surface area (Å²) in [4.78, 5) is 23.7. The summed E-state index contributed by atoms with van der Waals surface area (Å²) in [7, 11) is 0. The van der Waals surface area contributed by atoms with Gasteiger partial charge in [-0.05, 0) is 43.7 Å². The maximum atomic E-state index is 11.9. The number of nitrogens with one attached hydrogen (secondary N) is 2. The van der Waals surface area contributed by atoms with Crippen molar-refractivity contribution in [3.05, 3.63) is 52.5 Å². The van der Waals surface area contributed by atoms with E-state index in [1.807, 2.05) is 19.1 Å². The van der Waals surface area contributed by atoms with E-state index in [4.69, 9.17) is 16.3 Å². The zero-order valence-electron chi connectivity index (χ0n) is 15.0. The fourth-order valence-corrected chi connectivity index (χ4v) is 2.36. The van der Waals surface area contributed by atoms with E-state index >= 15 is 0 Å². The molecule has 2 aromatic carbocycles. The maximum absolute atomic E-state index is 11.9. The van der Waals surface area contributed by atoms with E-state index in [0.29, 0.717) is 17.9 Å². The molecule has 2 aromatic rings. The molecule has 0 aliphatic rings. The molecule has 0 saturated carbocycles. The summed E-state index contributed by atoms with van der Waals surface area (Å²) in [6.45, 7) is 4.07. The zero-order chi connectivity index (χ0) is 19.8. The lowest BCUT2D eigenvalue weighted by Crippen LogP contribution is -2.24. The molecule has 142 valence electrons. The second-order valence-electron chi connectivity index (χ2n) is 5.67. The van der Waals surface area contributed by atoms with E-state index in [2.05, 4.69) is 15.8 Å². The van der Waals surface area contributed by atoms with Crippen LogP contribution in [0.15, 0.2) is 41.5 Å². The number of hydrogen-bond donors (Lipinski definition) is 3. The predicted molar refractivity (Wildman–Crippen MR) is 104 cm³/mol. The van der Waals surface area contributed by atoms with Crippen molar-refractivity contribution >= 4 is 35.3 Å². The minimum atomic E-state index is -0.564. The number of hydrazone groups is 1. The van der Waals surface area contributed by atoms with Crippen LogP contribution in [-0.2, 0) is 9.59 Å². The Morgan fingerprint density at radius 2 is 1.93 bits per heavy atom. The van der Waals surface area contributed by atoms with E-state index in [-0.39, 0.29) is 22.9 Å². The van der Waals surface area contributed by atoms with Crippen molar-refractivity contribution in [2.45, 2.75) is 20.3 Å². The first-order valence-corrected chi connectivity index (χ1v) is 8.60. The van der Waals surface area contributed by atoms with Gasteiger partial charge in [0.05, 0.1) is 17.8 Å². The van der Waals surface area contributed by atoms with Crippen LogP contribution >= 0.6 is 11.6 Å². The number of amides is 2. The Morgan fingerprint density at radius 1 is 1.22 bits per heavy atom. The first kappa shape index (κ1) is 20.3. The number of aryl methyl sites for hydroxylation is 1. The van der Waals surface area contributed by atoms with Crippen LogP contribution in [0, 0.1) is 6.92 Å². The van der Waals surface area contributed by atoms with E-state index < -0.39 is 11.8 Å². The molecule has 0 radical (unpaired) electrons. The highest BCUT2D eigenvalue weighted by Crippen LogP contribution is 2.34. The molecule has 2 amide bonds. The van der Waals surface area contributed by atoms with Crippen LogP contribution in [-0.4, -0.2) is 29.7 Å². The summed E-state index contributed by atoms with van der Waals surface area (Å²) in [5.41, 5.74) is 4.47. The monoisotopic (exact) mass is 389 g/mol. The van der Waals surface area contributed by atoms with Crippen molar-refractivity contribution in [3.63, 3.8) is 0 Å². The molecule has 0 spiro atoms. The molecule has 7 nitrogen and oxygen atoms in total. The van der Waals surface area contributed by atoms with Gasteiger partial charge in [-0.1, -0.05) is 29.3 Å². The Balaban J connectivity index is 1.89. The third-order valence-electron chi connectivity index (χ3n) is 3.41. The average Bonchev–Trinajstić information content (AvgIpc) is 2.61. The summed E-state index contributed by atoms with van der Waals surface area (Å²) >= 11 is 5.92. The number of carbonyl (C=O) groups is 2. The van der Waals surface area contributed by atoms with Crippen LogP contribution in [0.5, 0.6) is 11.5 Å². The number of anilines is 1. The molecule has 0 aliphatic heterocycles. The maximum Gasteiger partial charge on any atom is 0.249 e. The molecular weight excluding hydrogens is 370 g/mol. The van der Waals surface area contributed by atoms with Gasteiger partial charge in [-0.2, -0.15) is 5.10 Å². The third-order valence-corrected chi connectivity index (χ3v) is 3.70. The molecule has 0 aromatic heterocycles. The highest BCUT2D eigenvalue weighted by molar-refractivity contribution is 6.32. The van der Waals surface area contributed by atoms with Gasteiger partial charge in [0.25, 0.3) is 0 Å². The van der Waals surface area contributed by atoms with Gasteiger partial charge in [-0.15, -0.1) is 0 Å². The highest BCUT2D eigenvalue weighted by atomic mass is 35.5. The number of phenolic OH excluding ortho intramolecular Hbond substituents is 1. The molecule has 0 bridgehead atoms. The van der Waals surface area contributed by atoms with Gasteiger partial charge in [0.15, 0.2) is 11.5 Å². The van der Waals surface area contributed by atoms with Crippen molar-refractivity contribution in [2.75, 3.05) is 11.9 Å². The molecule has 27 heavy (non-hydrogen) atoms. The number of benzene rings is 2. The second kappa shape index (κ2) is 9.59. The second-order valence-corrected chi connectivity index (χ2v) is 6.07. The van der Waals surface area contributed by atoms with E-state index in [9.17, 15) is 14.7 Å². The Hall–Kier alpha value is -3.06.